The van der Waals surface area contributed by atoms with Crippen molar-refractivity contribution in [1.82, 2.24) is 4.57 Å². The van der Waals surface area contributed by atoms with Gasteiger partial charge in [0.05, 0.1) is 13.7 Å². The van der Waals surface area contributed by atoms with Crippen molar-refractivity contribution in [2.75, 3.05) is 7.11 Å². The standard InChI is InChI=1S/C25H21NO3/c1-29-21-13-11-18(12-14-21)15-20(27)16-26-17-23(22-9-5-6-10-24(22)26)25(28)19-7-3-2-4-8-19/h2-14,17H,15-16H2,1H3. The van der Waals surface area contributed by atoms with Gasteiger partial charge in [0.25, 0.3) is 0 Å². The minimum atomic E-state index is -0.0387. The van der Waals surface area contributed by atoms with Crippen LogP contribution in [0.25, 0.3) is 10.9 Å². The van der Waals surface area contributed by atoms with Crippen molar-refractivity contribution in [3.63, 3.8) is 0 Å². The molecular formula is C25H21NO3. The van der Waals surface area contributed by atoms with E-state index in [-0.39, 0.29) is 18.1 Å². The summed E-state index contributed by atoms with van der Waals surface area (Å²) in [5.74, 6) is 0.805. The van der Waals surface area contributed by atoms with Crippen molar-refractivity contribution in [3.05, 3.63) is 102 Å². The second kappa shape index (κ2) is 8.15. The third-order valence-electron chi connectivity index (χ3n) is 4.98. The summed E-state index contributed by atoms with van der Waals surface area (Å²) in [6.07, 6.45) is 2.13. The Kier molecular flexibility index (Phi) is 5.25. The van der Waals surface area contributed by atoms with E-state index < -0.39 is 0 Å². The number of para-hydroxylation sites is 1. The molecular weight excluding hydrogens is 362 g/mol. The molecule has 4 heteroatoms. The van der Waals surface area contributed by atoms with Gasteiger partial charge in [-0.05, 0) is 23.8 Å². The highest BCUT2D eigenvalue weighted by molar-refractivity contribution is 6.16. The number of fused-ring (bicyclic) bond motifs is 1. The molecule has 144 valence electrons. The van der Waals surface area contributed by atoms with E-state index in [1.54, 1.807) is 13.3 Å². The van der Waals surface area contributed by atoms with Crippen LogP contribution in [0.2, 0.25) is 0 Å². The lowest BCUT2D eigenvalue weighted by Gasteiger charge is -2.06. The van der Waals surface area contributed by atoms with Crippen LogP contribution >= 0.6 is 0 Å². The SMILES string of the molecule is COc1ccc(CC(=O)Cn2cc(C(=O)c3ccccc3)c3ccccc32)cc1. The zero-order valence-corrected chi connectivity index (χ0v) is 16.2. The molecule has 1 heterocycles. The first kappa shape index (κ1) is 18.7. The van der Waals surface area contributed by atoms with E-state index in [1.165, 1.54) is 0 Å². The van der Waals surface area contributed by atoms with Crippen molar-refractivity contribution in [2.45, 2.75) is 13.0 Å². The fourth-order valence-electron chi connectivity index (χ4n) is 3.52. The van der Waals surface area contributed by atoms with Crippen molar-refractivity contribution in [1.29, 1.82) is 0 Å². The van der Waals surface area contributed by atoms with E-state index in [9.17, 15) is 9.59 Å². The largest absolute Gasteiger partial charge is 0.497 e. The summed E-state index contributed by atoms with van der Waals surface area (Å²) in [5, 5.41) is 0.860. The Bertz CT molecular complexity index is 1160. The molecule has 0 unspecified atom stereocenters. The molecule has 0 amide bonds. The van der Waals surface area contributed by atoms with Gasteiger partial charge in [-0.3, -0.25) is 9.59 Å². The van der Waals surface area contributed by atoms with Gasteiger partial charge in [-0.1, -0.05) is 60.7 Å². The van der Waals surface area contributed by atoms with E-state index in [4.69, 9.17) is 4.74 Å². The normalized spacial score (nSPS) is 10.8. The molecule has 0 saturated carbocycles. The minimum absolute atomic E-state index is 0.0387. The Balaban J connectivity index is 1.60. The smallest absolute Gasteiger partial charge is 0.195 e. The lowest BCUT2D eigenvalue weighted by atomic mass is 10.0. The molecule has 1 aromatic heterocycles. The Labute approximate surface area is 169 Å². The van der Waals surface area contributed by atoms with E-state index in [0.29, 0.717) is 17.5 Å². The van der Waals surface area contributed by atoms with Gasteiger partial charge in [-0.15, -0.1) is 0 Å². The summed E-state index contributed by atoms with van der Waals surface area (Å²) in [6, 6.07) is 24.4. The number of Topliss-reactive ketones (excluding diaryl/α,β-unsaturated/α-hetero) is 1. The lowest BCUT2D eigenvalue weighted by Crippen LogP contribution is -2.12. The number of ketones is 2. The first-order valence-electron chi connectivity index (χ1n) is 9.48. The second-order valence-corrected chi connectivity index (χ2v) is 6.95. The molecule has 4 rings (SSSR count). The highest BCUT2D eigenvalue weighted by atomic mass is 16.5. The topological polar surface area (TPSA) is 48.3 Å². The number of carbonyl (C=O) groups excluding carboxylic acids is 2. The van der Waals surface area contributed by atoms with Crippen LogP contribution in [-0.4, -0.2) is 23.2 Å². The molecule has 0 saturated heterocycles. The predicted molar refractivity (Wildman–Crippen MR) is 114 cm³/mol. The monoisotopic (exact) mass is 383 g/mol. The summed E-state index contributed by atoms with van der Waals surface area (Å²) in [5.41, 5.74) is 3.08. The summed E-state index contributed by atoms with van der Waals surface area (Å²) in [4.78, 5) is 25.7. The van der Waals surface area contributed by atoms with Crippen molar-refractivity contribution < 1.29 is 14.3 Å². The summed E-state index contributed by atoms with van der Waals surface area (Å²) < 4.78 is 7.03. The molecule has 0 aliphatic heterocycles. The zero-order chi connectivity index (χ0) is 20.2. The van der Waals surface area contributed by atoms with Gasteiger partial charge >= 0.3 is 0 Å². The lowest BCUT2D eigenvalue weighted by molar-refractivity contribution is -0.118. The summed E-state index contributed by atoms with van der Waals surface area (Å²) >= 11 is 0. The molecule has 0 fully saturated rings. The van der Waals surface area contributed by atoms with Crippen LogP contribution in [0, 0.1) is 0 Å². The fourth-order valence-corrected chi connectivity index (χ4v) is 3.52. The number of ether oxygens (including phenoxy) is 1. The number of nitrogens with zero attached hydrogens (tertiary/aromatic N) is 1. The Morgan fingerprint density at radius 1 is 0.862 bits per heavy atom. The third-order valence-corrected chi connectivity index (χ3v) is 4.98. The van der Waals surface area contributed by atoms with E-state index in [2.05, 4.69) is 0 Å². The number of methoxy groups -OCH3 is 1. The molecule has 0 spiro atoms. The molecule has 0 N–H and O–H groups in total. The highest BCUT2D eigenvalue weighted by Gasteiger charge is 2.17. The molecule has 0 radical (unpaired) electrons. The minimum Gasteiger partial charge on any atom is -0.497 e. The average Bonchev–Trinajstić information content (AvgIpc) is 3.12. The molecule has 4 nitrogen and oxygen atoms in total. The van der Waals surface area contributed by atoms with E-state index in [0.717, 1.165) is 22.2 Å². The molecule has 0 atom stereocenters. The van der Waals surface area contributed by atoms with Crippen LogP contribution < -0.4 is 4.74 Å². The van der Waals surface area contributed by atoms with Gasteiger partial charge in [0.15, 0.2) is 11.6 Å². The van der Waals surface area contributed by atoms with Gasteiger partial charge < -0.3 is 9.30 Å². The number of rotatable bonds is 7. The average molecular weight is 383 g/mol. The molecule has 3 aromatic carbocycles. The number of carbonyl (C=O) groups is 2. The van der Waals surface area contributed by atoms with E-state index in [1.807, 2.05) is 83.4 Å². The Morgan fingerprint density at radius 2 is 1.55 bits per heavy atom. The number of benzene rings is 3. The maximum absolute atomic E-state index is 13.0. The number of hydrogen-bond acceptors (Lipinski definition) is 3. The second-order valence-electron chi connectivity index (χ2n) is 6.95. The maximum Gasteiger partial charge on any atom is 0.195 e. The summed E-state index contributed by atoms with van der Waals surface area (Å²) in [7, 11) is 1.62. The first-order valence-corrected chi connectivity index (χ1v) is 9.48. The number of hydrogen-bond donors (Lipinski definition) is 0. The van der Waals surface area contributed by atoms with Crippen LogP contribution in [0.1, 0.15) is 21.5 Å². The van der Waals surface area contributed by atoms with Gasteiger partial charge in [0.2, 0.25) is 0 Å². The third kappa shape index (κ3) is 3.97. The molecule has 29 heavy (non-hydrogen) atoms. The molecule has 0 bridgehead atoms. The van der Waals surface area contributed by atoms with Crippen molar-refractivity contribution in [2.24, 2.45) is 0 Å². The van der Waals surface area contributed by atoms with Crippen LogP contribution in [0.3, 0.4) is 0 Å². The van der Waals surface area contributed by atoms with Crippen LogP contribution in [0.5, 0.6) is 5.75 Å². The predicted octanol–water partition coefficient (Wildman–Crippen LogP) is 4.69. The zero-order valence-electron chi connectivity index (χ0n) is 16.2. The van der Waals surface area contributed by atoms with Crippen LogP contribution in [0.15, 0.2) is 85.1 Å². The number of aromatic nitrogens is 1. The fraction of sp³-hybridized carbons (Fsp3) is 0.120. The van der Waals surface area contributed by atoms with Crippen molar-refractivity contribution in [3.8, 4) is 5.75 Å². The van der Waals surface area contributed by atoms with Crippen LogP contribution in [-0.2, 0) is 17.8 Å². The van der Waals surface area contributed by atoms with Crippen LogP contribution in [0.4, 0.5) is 0 Å². The molecule has 4 aromatic rings. The molecule has 0 aliphatic carbocycles. The van der Waals surface area contributed by atoms with Gasteiger partial charge in [-0.2, -0.15) is 0 Å². The van der Waals surface area contributed by atoms with Gasteiger partial charge in [-0.25, -0.2) is 0 Å². The quantitative estimate of drug-likeness (QED) is 0.435. The Morgan fingerprint density at radius 3 is 2.28 bits per heavy atom. The maximum atomic E-state index is 13.0. The first-order chi connectivity index (χ1) is 14.2. The Hall–Kier alpha value is -3.66. The summed E-state index contributed by atoms with van der Waals surface area (Å²) in [6.45, 7) is 0.217. The van der Waals surface area contributed by atoms with E-state index >= 15 is 0 Å². The highest BCUT2D eigenvalue weighted by Crippen LogP contribution is 2.24. The van der Waals surface area contributed by atoms with Gasteiger partial charge in [0.1, 0.15) is 5.75 Å². The van der Waals surface area contributed by atoms with Crippen molar-refractivity contribution >= 4 is 22.5 Å². The van der Waals surface area contributed by atoms with Gasteiger partial charge in [0, 0.05) is 34.6 Å². The molecule has 0 aliphatic rings.